The third kappa shape index (κ3) is 6.35. The molecule has 0 bridgehead atoms. The second-order valence-corrected chi connectivity index (χ2v) is 8.00. The van der Waals surface area contributed by atoms with Crippen LogP contribution in [0.5, 0.6) is 5.75 Å². The van der Waals surface area contributed by atoms with Crippen molar-refractivity contribution in [2.45, 2.75) is 13.0 Å². The van der Waals surface area contributed by atoms with Gasteiger partial charge in [-0.1, -0.05) is 48.5 Å². The number of nitrogens with zero attached hydrogens (tertiary/aromatic N) is 2. The Morgan fingerprint density at radius 3 is 2.09 bits per heavy atom. The van der Waals surface area contributed by atoms with Crippen LogP contribution in [0.25, 0.3) is 0 Å². The Bertz CT molecular complexity index is 1030. The summed E-state index contributed by atoms with van der Waals surface area (Å²) in [7, 11) is 0. The number of rotatable bonds is 8. The van der Waals surface area contributed by atoms with Gasteiger partial charge in [0.2, 0.25) is 5.91 Å². The van der Waals surface area contributed by atoms with Crippen molar-refractivity contribution in [1.82, 2.24) is 10.2 Å². The van der Waals surface area contributed by atoms with Crippen LogP contribution in [0.4, 0.5) is 5.69 Å². The summed E-state index contributed by atoms with van der Waals surface area (Å²) >= 11 is 0. The molecule has 6 nitrogen and oxygen atoms in total. The molecular formula is C27H29N3O3. The van der Waals surface area contributed by atoms with Crippen LogP contribution < -0.4 is 15.0 Å². The first-order valence-electron chi connectivity index (χ1n) is 11.3. The van der Waals surface area contributed by atoms with Gasteiger partial charge in [-0.3, -0.25) is 9.59 Å². The van der Waals surface area contributed by atoms with Gasteiger partial charge in [0.05, 0.1) is 13.0 Å². The Labute approximate surface area is 194 Å². The summed E-state index contributed by atoms with van der Waals surface area (Å²) in [6.07, 6.45) is 0.292. The van der Waals surface area contributed by atoms with E-state index >= 15 is 0 Å². The van der Waals surface area contributed by atoms with E-state index in [1.165, 1.54) is 5.69 Å². The normalized spacial score (nSPS) is 13.5. The van der Waals surface area contributed by atoms with Gasteiger partial charge in [-0.15, -0.1) is 0 Å². The molecule has 1 N–H and O–H groups in total. The zero-order chi connectivity index (χ0) is 22.9. The summed E-state index contributed by atoms with van der Waals surface area (Å²) in [6, 6.07) is 27.2. The molecule has 1 fully saturated rings. The van der Waals surface area contributed by atoms with Gasteiger partial charge in [0.1, 0.15) is 5.75 Å². The van der Waals surface area contributed by atoms with Crippen LogP contribution in [-0.4, -0.2) is 49.5 Å². The number of ether oxygens (including phenoxy) is 1. The molecule has 3 aromatic carbocycles. The number of hydrogen-bond donors (Lipinski definition) is 1. The minimum absolute atomic E-state index is 0.0522. The number of benzene rings is 3. The van der Waals surface area contributed by atoms with Crippen molar-refractivity contribution in [3.05, 3.63) is 96.1 Å². The van der Waals surface area contributed by atoms with Crippen molar-refractivity contribution in [3.63, 3.8) is 0 Å². The first kappa shape index (κ1) is 22.4. The first-order valence-corrected chi connectivity index (χ1v) is 11.3. The number of hydrogen-bond acceptors (Lipinski definition) is 4. The largest absolute Gasteiger partial charge is 0.493 e. The molecule has 6 heteroatoms. The van der Waals surface area contributed by atoms with E-state index in [2.05, 4.69) is 22.3 Å². The van der Waals surface area contributed by atoms with Gasteiger partial charge in [0.15, 0.2) is 0 Å². The fraction of sp³-hybridized carbons (Fsp3) is 0.259. The van der Waals surface area contributed by atoms with E-state index in [0.29, 0.717) is 38.2 Å². The summed E-state index contributed by atoms with van der Waals surface area (Å²) in [4.78, 5) is 29.2. The predicted molar refractivity (Wildman–Crippen MR) is 129 cm³/mol. The number of piperazine rings is 1. The topological polar surface area (TPSA) is 61.9 Å². The molecule has 1 heterocycles. The smallest absolute Gasteiger partial charge is 0.253 e. The average molecular weight is 444 g/mol. The number of carbonyl (C=O) groups excluding carboxylic acids is 2. The fourth-order valence-corrected chi connectivity index (χ4v) is 3.82. The Balaban J connectivity index is 1.19. The summed E-state index contributed by atoms with van der Waals surface area (Å²) < 4.78 is 5.55. The van der Waals surface area contributed by atoms with Crippen molar-refractivity contribution < 1.29 is 14.3 Å². The van der Waals surface area contributed by atoms with Crippen LogP contribution >= 0.6 is 0 Å². The van der Waals surface area contributed by atoms with E-state index in [4.69, 9.17) is 4.74 Å². The SMILES string of the molecule is O=C(CCOc1ccccc1)NCc1ccc(C(=O)N2CCN(c3ccccc3)CC2)cc1. The molecule has 0 spiro atoms. The van der Waals surface area contributed by atoms with Crippen LogP contribution in [0.2, 0.25) is 0 Å². The molecular weight excluding hydrogens is 414 g/mol. The van der Waals surface area contributed by atoms with E-state index in [9.17, 15) is 9.59 Å². The lowest BCUT2D eigenvalue weighted by Gasteiger charge is -2.36. The van der Waals surface area contributed by atoms with Crippen LogP contribution in [0.3, 0.4) is 0 Å². The Morgan fingerprint density at radius 2 is 1.42 bits per heavy atom. The van der Waals surface area contributed by atoms with Gasteiger partial charge < -0.3 is 19.9 Å². The number of anilines is 1. The number of amides is 2. The van der Waals surface area contributed by atoms with Gasteiger partial charge in [0.25, 0.3) is 5.91 Å². The summed E-state index contributed by atoms with van der Waals surface area (Å²) in [5.41, 5.74) is 2.83. The lowest BCUT2D eigenvalue weighted by Crippen LogP contribution is -2.48. The lowest BCUT2D eigenvalue weighted by molar-refractivity contribution is -0.121. The first-order chi connectivity index (χ1) is 16.2. The second-order valence-electron chi connectivity index (χ2n) is 8.00. The number of carbonyl (C=O) groups is 2. The minimum Gasteiger partial charge on any atom is -0.493 e. The maximum atomic E-state index is 12.9. The molecule has 3 aromatic rings. The molecule has 0 atom stereocenters. The van der Waals surface area contributed by atoms with Crippen LogP contribution in [0, 0.1) is 0 Å². The standard InChI is InChI=1S/C27H29N3O3/c31-26(15-20-33-25-9-5-2-6-10-25)28-21-22-11-13-23(14-12-22)27(32)30-18-16-29(17-19-30)24-7-3-1-4-8-24/h1-14H,15-21H2,(H,28,31). The summed E-state index contributed by atoms with van der Waals surface area (Å²) in [6.45, 7) is 3.82. The Kier molecular flexibility index (Phi) is 7.59. The molecule has 0 aromatic heterocycles. The highest BCUT2D eigenvalue weighted by Crippen LogP contribution is 2.17. The second kappa shape index (κ2) is 11.2. The van der Waals surface area contributed by atoms with Crippen molar-refractivity contribution in [2.75, 3.05) is 37.7 Å². The molecule has 1 saturated heterocycles. The lowest BCUT2D eigenvalue weighted by atomic mass is 10.1. The van der Waals surface area contributed by atoms with E-state index in [1.54, 1.807) is 0 Å². The molecule has 0 saturated carbocycles. The van der Waals surface area contributed by atoms with E-state index < -0.39 is 0 Å². The molecule has 0 unspecified atom stereocenters. The third-order valence-corrected chi connectivity index (χ3v) is 5.72. The third-order valence-electron chi connectivity index (χ3n) is 5.72. The van der Waals surface area contributed by atoms with Gasteiger partial charge in [-0.05, 0) is 42.0 Å². The van der Waals surface area contributed by atoms with E-state index in [-0.39, 0.29) is 11.8 Å². The Hall–Kier alpha value is -3.80. The maximum Gasteiger partial charge on any atom is 0.253 e. The van der Waals surface area contributed by atoms with Gasteiger partial charge in [-0.25, -0.2) is 0 Å². The van der Waals surface area contributed by atoms with Crippen LogP contribution in [0.15, 0.2) is 84.9 Å². The maximum absolute atomic E-state index is 12.9. The van der Waals surface area contributed by atoms with Crippen molar-refractivity contribution in [1.29, 1.82) is 0 Å². The highest BCUT2D eigenvalue weighted by Gasteiger charge is 2.22. The minimum atomic E-state index is -0.0672. The van der Waals surface area contributed by atoms with Gasteiger partial charge in [-0.2, -0.15) is 0 Å². The van der Waals surface area contributed by atoms with E-state index in [0.717, 1.165) is 24.4 Å². The van der Waals surface area contributed by atoms with Crippen LogP contribution in [-0.2, 0) is 11.3 Å². The highest BCUT2D eigenvalue weighted by molar-refractivity contribution is 5.94. The van der Waals surface area contributed by atoms with Crippen molar-refractivity contribution in [3.8, 4) is 5.75 Å². The van der Waals surface area contributed by atoms with Gasteiger partial charge in [0, 0.05) is 44.0 Å². The molecule has 1 aliphatic rings. The summed E-state index contributed by atoms with van der Waals surface area (Å²) in [5, 5.41) is 2.90. The van der Waals surface area contributed by atoms with Crippen molar-refractivity contribution >= 4 is 17.5 Å². The Morgan fingerprint density at radius 1 is 0.788 bits per heavy atom. The quantitative estimate of drug-likeness (QED) is 0.576. The monoisotopic (exact) mass is 443 g/mol. The number of nitrogens with one attached hydrogen (secondary N) is 1. The molecule has 2 amide bonds. The van der Waals surface area contributed by atoms with Crippen LogP contribution in [0.1, 0.15) is 22.3 Å². The molecule has 4 rings (SSSR count). The highest BCUT2D eigenvalue weighted by atomic mass is 16.5. The molecule has 33 heavy (non-hydrogen) atoms. The van der Waals surface area contributed by atoms with Crippen molar-refractivity contribution in [2.24, 2.45) is 0 Å². The van der Waals surface area contributed by atoms with Gasteiger partial charge >= 0.3 is 0 Å². The van der Waals surface area contributed by atoms with E-state index in [1.807, 2.05) is 77.7 Å². The number of para-hydroxylation sites is 2. The fourth-order valence-electron chi connectivity index (χ4n) is 3.82. The zero-order valence-electron chi connectivity index (χ0n) is 18.7. The summed E-state index contributed by atoms with van der Waals surface area (Å²) in [5.74, 6) is 0.741. The molecule has 1 aliphatic heterocycles. The average Bonchev–Trinajstić information content (AvgIpc) is 2.89. The molecule has 0 radical (unpaired) electrons. The zero-order valence-corrected chi connectivity index (χ0v) is 18.7. The molecule has 0 aliphatic carbocycles. The molecule has 170 valence electrons. The predicted octanol–water partition coefficient (Wildman–Crippen LogP) is 3.73.